The standard InChI is InChI=1S/C24H39IO2/c1-4-23(2,3)15-9-6-8-12-20-21(26)14-13-19(22(20)27)11-7-5-10-16-24(25)17-18-24/h13-14,26-27H,4-12,15-18H2,1-3H3. The van der Waals surface area contributed by atoms with Crippen LogP contribution in [0.4, 0.5) is 0 Å². The van der Waals surface area contributed by atoms with E-state index in [0.717, 1.165) is 43.2 Å². The van der Waals surface area contributed by atoms with Crippen molar-refractivity contribution in [2.45, 2.75) is 108 Å². The summed E-state index contributed by atoms with van der Waals surface area (Å²) < 4.78 is 0.623. The highest BCUT2D eigenvalue weighted by atomic mass is 127. The zero-order valence-corrected chi connectivity index (χ0v) is 19.8. The van der Waals surface area contributed by atoms with E-state index in [1.54, 1.807) is 6.07 Å². The van der Waals surface area contributed by atoms with Crippen molar-refractivity contribution in [2.24, 2.45) is 5.41 Å². The molecule has 0 aromatic heterocycles. The summed E-state index contributed by atoms with van der Waals surface area (Å²) in [5, 5.41) is 20.8. The molecule has 0 atom stereocenters. The first-order valence-corrected chi connectivity index (χ1v) is 12.1. The quantitative estimate of drug-likeness (QED) is 0.170. The molecule has 0 unspecified atom stereocenters. The van der Waals surface area contributed by atoms with Crippen LogP contribution in [-0.4, -0.2) is 13.6 Å². The highest BCUT2D eigenvalue weighted by molar-refractivity contribution is 14.1. The molecule has 2 N–H and O–H groups in total. The number of aryl methyl sites for hydroxylation is 1. The maximum Gasteiger partial charge on any atom is 0.125 e. The lowest BCUT2D eigenvalue weighted by molar-refractivity contribution is 0.307. The van der Waals surface area contributed by atoms with E-state index < -0.39 is 0 Å². The molecule has 27 heavy (non-hydrogen) atoms. The summed E-state index contributed by atoms with van der Waals surface area (Å²) in [6.07, 6.45) is 15.3. The fourth-order valence-electron chi connectivity index (χ4n) is 3.70. The first-order chi connectivity index (χ1) is 12.8. The molecule has 1 aromatic carbocycles. The van der Waals surface area contributed by atoms with Crippen LogP contribution >= 0.6 is 22.6 Å². The van der Waals surface area contributed by atoms with Gasteiger partial charge in [-0.15, -0.1) is 0 Å². The SMILES string of the molecule is CCC(C)(C)CCCCCc1c(O)ccc(CCCCCC2(I)CC2)c1O. The monoisotopic (exact) mass is 486 g/mol. The smallest absolute Gasteiger partial charge is 0.125 e. The van der Waals surface area contributed by atoms with Gasteiger partial charge in [-0.25, -0.2) is 0 Å². The predicted octanol–water partition coefficient (Wildman–Crippen LogP) is 7.71. The second kappa shape index (κ2) is 10.4. The van der Waals surface area contributed by atoms with Gasteiger partial charge in [-0.1, -0.05) is 81.5 Å². The Morgan fingerprint density at radius 1 is 0.963 bits per heavy atom. The van der Waals surface area contributed by atoms with E-state index in [-0.39, 0.29) is 5.75 Å². The van der Waals surface area contributed by atoms with Crippen LogP contribution in [0.1, 0.15) is 103 Å². The Morgan fingerprint density at radius 3 is 2.30 bits per heavy atom. The summed E-state index contributed by atoms with van der Waals surface area (Å²) in [6, 6.07) is 3.67. The Hall–Kier alpha value is -0.450. The lowest BCUT2D eigenvalue weighted by Gasteiger charge is -2.22. The Labute approximate surface area is 180 Å². The minimum Gasteiger partial charge on any atom is -0.508 e. The van der Waals surface area contributed by atoms with Gasteiger partial charge in [0.1, 0.15) is 11.5 Å². The third-order valence-corrected chi connectivity index (χ3v) is 8.06. The first kappa shape index (κ1) is 22.8. The van der Waals surface area contributed by atoms with E-state index >= 15 is 0 Å². The Morgan fingerprint density at radius 2 is 1.63 bits per heavy atom. The van der Waals surface area contributed by atoms with Crippen LogP contribution < -0.4 is 0 Å². The lowest BCUT2D eigenvalue weighted by atomic mass is 9.84. The molecule has 0 bridgehead atoms. The van der Waals surface area contributed by atoms with Crippen LogP contribution in [-0.2, 0) is 12.8 Å². The number of halogens is 1. The zero-order chi connectivity index (χ0) is 19.9. The van der Waals surface area contributed by atoms with Gasteiger partial charge in [-0.05, 0) is 68.4 Å². The number of unbranched alkanes of at least 4 members (excludes halogenated alkanes) is 4. The molecule has 0 saturated heterocycles. The van der Waals surface area contributed by atoms with Gasteiger partial charge < -0.3 is 10.2 Å². The van der Waals surface area contributed by atoms with E-state index in [1.807, 2.05) is 6.07 Å². The average Bonchev–Trinajstić information content (AvgIpc) is 3.36. The second-order valence-corrected chi connectivity index (χ2v) is 11.6. The molecule has 1 aromatic rings. The van der Waals surface area contributed by atoms with E-state index in [0.29, 0.717) is 14.6 Å². The molecule has 1 aliphatic rings. The maximum atomic E-state index is 10.6. The van der Waals surface area contributed by atoms with Crippen molar-refractivity contribution in [2.75, 3.05) is 0 Å². The van der Waals surface area contributed by atoms with Crippen molar-refractivity contribution in [1.29, 1.82) is 0 Å². The molecule has 154 valence electrons. The van der Waals surface area contributed by atoms with E-state index in [9.17, 15) is 10.2 Å². The number of rotatable bonds is 13. The third-order valence-electron chi connectivity index (χ3n) is 6.44. The number of phenols is 2. The number of alkyl halides is 1. The van der Waals surface area contributed by atoms with Gasteiger partial charge in [-0.3, -0.25) is 0 Å². The zero-order valence-electron chi connectivity index (χ0n) is 17.6. The average molecular weight is 486 g/mol. The molecule has 0 amide bonds. The number of hydrogen-bond donors (Lipinski definition) is 2. The summed E-state index contributed by atoms with van der Waals surface area (Å²) in [6.45, 7) is 6.92. The predicted molar refractivity (Wildman–Crippen MR) is 124 cm³/mol. The first-order valence-electron chi connectivity index (χ1n) is 11.0. The van der Waals surface area contributed by atoms with Gasteiger partial charge in [0.2, 0.25) is 0 Å². The Balaban J connectivity index is 1.74. The van der Waals surface area contributed by atoms with Crippen LogP contribution in [0.3, 0.4) is 0 Å². The molecule has 1 fully saturated rings. The molecule has 3 heteroatoms. The van der Waals surface area contributed by atoms with Gasteiger partial charge in [0.15, 0.2) is 0 Å². The van der Waals surface area contributed by atoms with Crippen molar-refractivity contribution in [1.82, 2.24) is 0 Å². The third kappa shape index (κ3) is 7.83. The summed E-state index contributed by atoms with van der Waals surface area (Å²) >= 11 is 2.62. The number of benzene rings is 1. The number of aromatic hydroxyl groups is 2. The fraction of sp³-hybridized carbons (Fsp3) is 0.750. The van der Waals surface area contributed by atoms with Crippen molar-refractivity contribution >= 4 is 22.6 Å². The molecule has 0 radical (unpaired) electrons. The molecule has 0 aliphatic heterocycles. The minimum absolute atomic E-state index is 0.255. The molecule has 0 heterocycles. The second-order valence-electron chi connectivity index (χ2n) is 9.36. The molecule has 2 nitrogen and oxygen atoms in total. The van der Waals surface area contributed by atoms with Gasteiger partial charge in [0, 0.05) is 8.99 Å². The van der Waals surface area contributed by atoms with Crippen LogP contribution in [0.5, 0.6) is 11.5 Å². The van der Waals surface area contributed by atoms with Gasteiger partial charge >= 0.3 is 0 Å². The maximum absolute atomic E-state index is 10.6. The van der Waals surface area contributed by atoms with Crippen LogP contribution in [0, 0.1) is 5.41 Å². The van der Waals surface area contributed by atoms with E-state index in [1.165, 1.54) is 51.4 Å². The van der Waals surface area contributed by atoms with E-state index in [4.69, 9.17) is 0 Å². The van der Waals surface area contributed by atoms with Crippen LogP contribution in [0.2, 0.25) is 0 Å². The lowest BCUT2D eigenvalue weighted by Crippen LogP contribution is -2.08. The van der Waals surface area contributed by atoms with E-state index in [2.05, 4.69) is 43.4 Å². The normalized spacial score (nSPS) is 15.9. The summed E-state index contributed by atoms with van der Waals surface area (Å²) in [5.41, 5.74) is 2.19. The number of hydrogen-bond acceptors (Lipinski definition) is 2. The van der Waals surface area contributed by atoms with Crippen LogP contribution in [0.25, 0.3) is 0 Å². The summed E-state index contributed by atoms with van der Waals surface area (Å²) in [7, 11) is 0. The van der Waals surface area contributed by atoms with Crippen molar-refractivity contribution < 1.29 is 10.2 Å². The molecule has 2 rings (SSSR count). The Kier molecular flexibility index (Phi) is 8.76. The fourth-order valence-corrected chi connectivity index (χ4v) is 4.35. The molecule has 0 spiro atoms. The van der Waals surface area contributed by atoms with Crippen molar-refractivity contribution in [3.05, 3.63) is 23.3 Å². The highest BCUT2D eigenvalue weighted by Crippen LogP contribution is 2.49. The molecular formula is C24H39IO2. The molecule has 1 aliphatic carbocycles. The van der Waals surface area contributed by atoms with Crippen LogP contribution in [0.15, 0.2) is 12.1 Å². The largest absolute Gasteiger partial charge is 0.508 e. The van der Waals surface area contributed by atoms with Gasteiger partial charge in [-0.2, -0.15) is 0 Å². The number of phenolic OH excluding ortho intramolecular Hbond substituents is 2. The van der Waals surface area contributed by atoms with Gasteiger partial charge in [0.25, 0.3) is 0 Å². The molecular weight excluding hydrogens is 447 g/mol. The topological polar surface area (TPSA) is 40.5 Å². The van der Waals surface area contributed by atoms with Gasteiger partial charge in [0.05, 0.1) is 0 Å². The highest BCUT2D eigenvalue weighted by Gasteiger charge is 2.38. The summed E-state index contributed by atoms with van der Waals surface area (Å²) in [4.78, 5) is 0. The van der Waals surface area contributed by atoms with Crippen molar-refractivity contribution in [3.63, 3.8) is 0 Å². The van der Waals surface area contributed by atoms with Crippen molar-refractivity contribution in [3.8, 4) is 11.5 Å². The molecule has 1 saturated carbocycles. The summed E-state index contributed by atoms with van der Waals surface area (Å²) in [5.74, 6) is 0.599. The Bertz CT molecular complexity index is 590. The minimum atomic E-state index is 0.255.